The third-order valence-electron chi connectivity index (χ3n) is 2.75. The van der Waals surface area contributed by atoms with Crippen molar-refractivity contribution in [3.63, 3.8) is 0 Å². The van der Waals surface area contributed by atoms with E-state index in [9.17, 15) is 10.0 Å². The molecule has 0 heterocycles. The molecular weight excluding hydrogens is 213 g/mol. The third-order valence-corrected chi connectivity index (χ3v) is 2.75. The normalized spacial score (nSPS) is 10.2. The van der Waals surface area contributed by atoms with Crippen LogP contribution in [0.25, 0.3) is 0 Å². The Labute approximate surface area is 101 Å². The van der Waals surface area contributed by atoms with Gasteiger partial charge in [-0.25, -0.2) is 0 Å². The number of hydrogen-bond acceptors (Lipinski definition) is 3. The van der Waals surface area contributed by atoms with Crippen LogP contribution in [0.4, 0.5) is 5.69 Å². The minimum absolute atomic E-state index is 0.467. The summed E-state index contributed by atoms with van der Waals surface area (Å²) in [5.74, 6) is 0. The first-order chi connectivity index (χ1) is 8.18. The molecule has 0 aliphatic carbocycles. The van der Waals surface area contributed by atoms with Crippen molar-refractivity contribution in [2.75, 3.05) is 5.73 Å². The second kappa shape index (κ2) is 5.04. The molecule has 2 rings (SSSR count). The maximum atomic E-state index is 9.31. The zero-order valence-electron chi connectivity index (χ0n) is 9.38. The van der Waals surface area contributed by atoms with E-state index in [-0.39, 0.29) is 0 Å². The van der Waals surface area contributed by atoms with Crippen molar-refractivity contribution >= 4 is 18.3 Å². The third kappa shape index (κ3) is 2.67. The molecular formula is C13H14BNO2. The Morgan fingerprint density at radius 1 is 0.941 bits per heavy atom. The second-order valence-corrected chi connectivity index (χ2v) is 3.95. The first-order valence-corrected chi connectivity index (χ1v) is 5.46. The highest BCUT2D eigenvalue weighted by Gasteiger charge is 2.17. The van der Waals surface area contributed by atoms with Gasteiger partial charge in [0.05, 0.1) is 0 Å². The summed E-state index contributed by atoms with van der Waals surface area (Å²) in [6, 6.07) is 15.0. The zero-order valence-corrected chi connectivity index (χ0v) is 9.38. The fourth-order valence-corrected chi connectivity index (χ4v) is 1.87. The van der Waals surface area contributed by atoms with Gasteiger partial charge in [0.1, 0.15) is 0 Å². The molecule has 0 aromatic heterocycles. The average molecular weight is 227 g/mol. The van der Waals surface area contributed by atoms with Crippen LogP contribution in [0.2, 0.25) is 0 Å². The van der Waals surface area contributed by atoms with Gasteiger partial charge in [-0.05, 0) is 29.1 Å². The van der Waals surface area contributed by atoms with Gasteiger partial charge in [-0.2, -0.15) is 0 Å². The predicted octanol–water partition coefficient (Wildman–Crippen LogP) is 0.539. The van der Waals surface area contributed by atoms with Crippen LogP contribution < -0.4 is 11.2 Å². The van der Waals surface area contributed by atoms with Crippen LogP contribution in [0, 0.1) is 0 Å². The number of benzene rings is 2. The van der Waals surface area contributed by atoms with E-state index in [1.807, 2.05) is 30.3 Å². The Morgan fingerprint density at radius 3 is 2.29 bits per heavy atom. The molecule has 4 heteroatoms. The maximum absolute atomic E-state index is 9.31. The highest BCUT2D eigenvalue weighted by Crippen LogP contribution is 2.14. The van der Waals surface area contributed by atoms with Gasteiger partial charge in [0.2, 0.25) is 0 Å². The lowest BCUT2D eigenvalue weighted by atomic mass is 9.75. The molecule has 0 bridgehead atoms. The number of rotatable bonds is 3. The molecule has 0 atom stereocenters. The summed E-state index contributed by atoms with van der Waals surface area (Å²) in [7, 11) is -1.49. The molecule has 17 heavy (non-hydrogen) atoms. The molecule has 86 valence electrons. The van der Waals surface area contributed by atoms with Gasteiger partial charge >= 0.3 is 7.12 Å². The topological polar surface area (TPSA) is 66.5 Å². The smallest absolute Gasteiger partial charge is 0.423 e. The molecule has 0 aliphatic heterocycles. The van der Waals surface area contributed by atoms with Gasteiger partial charge in [-0.3, -0.25) is 0 Å². The SMILES string of the molecule is Nc1cccc(B(O)O)c1Cc1ccccc1. The zero-order chi connectivity index (χ0) is 12.3. The Bertz CT molecular complexity index is 500. The van der Waals surface area contributed by atoms with E-state index in [4.69, 9.17) is 5.73 Å². The van der Waals surface area contributed by atoms with E-state index in [1.165, 1.54) is 0 Å². The van der Waals surface area contributed by atoms with Crippen molar-refractivity contribution in [1.82, 2.24) is 0 Å². The summed E-state index contributed by atoms with van der Waals surface area (Å²) in [5, 5.41) is 18.6. The molecule has 0 saturated carbocycles. The quantitative estimate of drug-likeness (QED) is 0.529. The van der Waals surface area contributed by atoms with Gasteiger partial charge in [0, 0.05) is 5.69 Å². The number of nitrogen functional groups attached to an aromatic ring is 1. The van der Waals surface area contributed by atoms with E-state index < -0.39 is 7.12 Å². The Balaban J connectivity index is 2.38. The fraction of sp³-hybridized carbons (Fsp3) is 0.0769. The van der Waals surface area contributed by atoms with Crippen LogP contribution in [0.15, 0.2) is 48.5 Å². The molecule has 0 fully saturated rings. The molecule has 4 N–H and O–H groups in total. The van der Waals surface area contributed by atoms with Crippen LogP contribution >= 0.6 is 0 Å². The molecule has 0 radical (unpaired) electrons. The van der Waals surface area contributed by atoms with Crippen molar-refractivity contribution < 1.29 is 10.0 Å². The van der Waals surface area contributed by atoms with Gasteiger partial charge in [-0.15, -0.1) is 0 Å². The van der Waals surface area contributed by atoms with Crippen LogP contribution in [0.5, 0.6) is 0 Å². The number of nitrogens with two attached hydrogens (primary N) is 1. The molecule has 3 nitrogen and oxygen atoms in total. The van der Waals surface area contributed by atoms with Crippen molar-refractivity contribution in [2.45, 2.75) is 6.42 Å². The van der Waals surface area contributed by atoms with Gasteiger partial charge in [0.15, 0.2) is 0 Å². The fourth-order valence-electron chi connectivity index (χ4n) is 1.87. The summed E-state index contributed by atoms with van der Waals surface area (Å²) in [6.07, 6.45) is 0.598. The Hall–Kier alpha value is -1.78. The molecule has 0 saturated heterocycles. The molecule has 2 aromatic carbocycles. The second-order valence-electron chi connectivity index (χ2n) is 3.95. The van der Waals surface area contributed by atoms with Gasteiger partial charge in [0.25, 0.3) is 0 Å². The lowest BCUT2D eigenvalue weighted by Crippen LogP contribution is -2.33. The van der Waals surface area contributed by atoms with Crippen molar-refractivity contribution in [1.29, 1.82) is 0 Å². The largest absolute Gasteiger partial charge is 0.488 e. The number of anilines is 1. The first kappa shape index (κ1) is 11.7. The summed E-state index contributed by atoms with van der Waals surface area (Å²) >= 11 is 0. The predicted molar refractivity (Wildman–Crippen MR) is 69.9 cm³/mol. The number of hydrogen-bond donors (Lipinski definition) is 3. The Kier molecular flexibility index (Phi) is 3.47. The van der Waals surface area contributed by atoms with Crippen molar-refractivity contribution in [3.8, 4) is 0 Å². The van der Waals surface area contributed by atoms with E-state index in [2.05, 4.69) is 0 Å². The van der Waals surface area contributed by atoms with E-state index in [1.54, 1.807) is 18.2 Å². The monoisotopic (exact) mass is 227 g/mol. The summed E-state index contributed by atoms with van der Waals surface area (Å²) < 4.78 is 0. The van der Waals surface area contributed by atoms with Crippen molar-refractivity contribution in [3.05, 3.63) is 59.7 Å². The van der Waals surface area contributed by atoms with Crippen LogP contribution in [0.3, 0.4) is 0 Å². The lowest BCUT2D eigenvalue weighted by molar-refractivity contribution is 0.425. The lowest BCUT2D eigenvalue weighted by Gasteiger charge is -2.11. The van der Waals surface area contributed by atoms with E-state index >= 15 is 0 Å². The van der Waals surface area contributed by atoms with E-state index in [0.29, 0.717) is 17.6 Å². The first-order valence-electron chi connectivity index (χ1n) is 5.46. The standard InChI is InChI=1S/C13H14BNO2/c15-13-8-4-7-12(14(16)17)11(13)9-10-5-2-1-3-6-10/h1-8,16-17H,9,15H2. The molecule has 0 unspecified atom stereocenters. The van der Waals surface area contributed by atoms with Crippen LogP contribution in [0.1, 0.15) is 11.1 Å². The van der Waals surface area contributed by atoms with Gasteiger partial charge < -0.3 is 15.8 Å². The average Bonchev–Trinajstić information content (AvgIpc) is 2.33. The van der Waals surface area contributed by atoms with Crippen LogP contribution in [-0.2, 0) is 6.42 Å². The summed E-state index contributed by atoms with van der Waals surface area (Å²) in [4.78, 5) is 0. The minimum atomic E-state index is -1.49. The molecule has 0 amide bonds. The highest BCUT2D eigenvalue weighted by atomic mass is 16.4. The summed E-state index contributed by atoms with van der Waals surface area (Å²) in [5.41, 5.74) is 8.80. The van der Waals surface area contributed by atoms with Gasteiger partial charge in [-0.1, -0.05) is 42.5 Å². The minimum Gasteiger partial charge on any atom is -0.423 e. The maximum Gasteiger partial charge on any atom is 0.488 e. The van der Waals surface area contributed by atoms with Crippen LogP contribution in [-0.4, -0.2) is 17.2 Å². The van der Waals surface area contributed by atoms with E-state index in [0.717, 1.165) is 11.1 Å². The summed E-state index contributed by atoms with van der Waals surface area (Å²) in [6.45, 7) is 0. The molecule has 2 aromatic rings. The van der Waals surface area contributed by atoms with Crippen molar-refractivity contribution in [2.24, 2.45) is 0 Å². The molecule has 0 aliphatic rings. The Morgan fingerprint density at radius 2 is 1.65 bits per heavy atom. The highest BCUT2D eigenvalue weighted by molar-refractivity contribution is 6.59. The molecule has 0 spiro atoms.